The van der Waals surface area contributed by atoms with Crippen molar-refractivity contribution in [2.24, 2.45) is 0 Å². The molecule has 2 rings (SSSR count). The number of nitrogens with zero attached hydrogens (tertiary/aromatic N) is 3. The second-order valence-electron chi connectivity index (χ2n) is 4.49. The van der Waals surface area contributed by atoms with Gasteiger partial charge in [0, 0.05) is 12.5 Å². The Labute approximate surface area is 121 Å². The zero-order chi connectivity index (χ0) is 14.5. The van der Waals surface area contributed by atoms with Crippen LogP contribution < -0.4 is 5.32 Å². The third-order valence-electron chi connectivity index (χ3n) is 2.86. The molecule has 0 saturated carbocycles. The number of hydrogen-bond donors (Lipinski definition) is 1. The molecule has 0 amide bonds. The standard InChI is InChI=1S/C13H16N4O2S/c1-9-5-6-11(17(18)19)10(8-9)13-16-15-12(20-13)4-3-7-14-2/h5-6,8,14H,3-4,7H2,1-2H3. The molecule has 0 fully saturated rings. The van der Waals surface area contributed by atoms with E-state index in [9.17, 15) is 10.1 Å². The van der Waals surface area contributed by atoms with Gasteiger partial charge in [-0.2, -0.15) is 0 Å². The summed E-state index contributed by atoms with van der Waals surface area (Å²) in [6, 6.07) is 5.04. The quantitative estimate of drug-likeness (QED) is 0.503. The van der Waals surface area contributed by atoms with Crippen molar-refractivity contribution >= 4 is 17.0 Å². The molecule has 0 bridgehead atoms. The molecule has 106 valence electrons. The average Bonchev–Trinajstić information content (AvgIpc) is 2.87. The third kappa shape index (κ3) is 3.37. The summed E-state index contributed by atoms with van der Waals surface area (Å²) in [6.45, 7) is 2.82. The summed E-state index contributed by atoms with van der Waals surface area (Å²) in [7, 11) is 1.90. The molecule has 0 atom stereocenters. The molecule has 6 nitrogen and oxygen atoms in total. The highest BCUT2D eigenvalue weighted by Crippen LogP contribution is 2.32. The van der Waals surface area contributed by atoms with Crippen LogP contribution in [0.25, 0.3) is 10.6 Å². The summed E-state index contributed by atoms with van der Waals surface area (Å²) in [5, 5.41) is 23.9. The number of nitro benzene ring substituents is 1. The number of aryl methyl sites for hydroxylation is 2. The van der Waals surface area contributed by atoms with Crippen molar-refractivity contribution in [2.45, 2.75) is 19.8 Å². The number of benzene rings is 1. The predicted octanol–water partition coefficient (Wildman–Crippen LogP) is 2.57. The molecule has 2 aromatic rings. The molecule has 1 aromatic heterocycles. The van der Waals surface area contributed by atoms with Crippen molar-refractivity contribution < 1.29 is 4.92 Å². The van der Waals surface area contributed by atoms with E-state index in [1.54, 1.807) is 12.1 Å². The number of hydrogen-bond acceptors (Lipinski definition) is 6. The Bertz CT molecular complexity index is 612. The lowest BCUT2D eigenvalue weighted by Gasteiger charge is -2.00. The van der Waals surface area contributed by atoms with Crippen LogP contribution in [0.4, 0.5) is 5.69 Å². The van der Waals surface area contributed by atoms with Crippen molar-refractivity contribution in [1.29, 1.82) is 0 Å². The normalized spacial score (nSPS) is 10.7. The topological polar surface area (TPSA) is 81.0 Å². The van der Waals surface area contributed by atoms with Gasteiger partial charge >= 0.3 is 0 Å². The number of rotatable bonds is 6. The second kappa shape index (κ2) is 6.53. The summed E-state index contributed by atoms with van der Waals surface area (Å²) in [5.41, 5.74) is 1.60. The minimum absolute atomic E-state index is 0.0773. The molecule has 0 aliphatic rings. The van der Waals surface area contributed by atoms with E-state index in [2.05, 4.69) is 15.5 Å². The van der Waals surface area contributed by atoms with E-state index in [0.717, 1.165) is 30.0 Å². The Kier molecular flexibility index (Phi) is 4.75. The van der Waals surface area contributed by atoms with Crippen LogP contribution >= 0.6 is 11.3 Å². The van der Waals surface area contributed by atoms with E-state index < -0.39 is 0 Å². The number of nitro groups is 1. The van der Waals surface area contributed by atoms with Gasteiger partial charge in [-0.3, -0.25) is 10.1 Å². The van der Waals surface area contributed by atoms with Crippen LogP contribution in [0, 0.1) is 17.0 Å². The Morgan fingerprint density at radius 3 is 2.90 bits per heavy atom. The van der Waals surface area contributed by atoms with Crippen LogP contribution in [0.15, 0.2) is 18.2 Å². The van der Waals surface area contributed by atoms with E-state index in [-0.39, 0.29) is 10.6 Å². The van der Waals surface area contributed by atoms with E-state index in [0.29, 0.717) is 10.6 Å². The second-order valence-corrected chi connectivity index (χ2v) is 5.55. The van der Waals surface area contributed by atoms with Crippen LogP contribution in [0.3, 0.4) is 0 Å². The SMILES string of the molecule is CNCCCc1nnc(-c2cc(C)ccc2[N+](=O)[O-])s1. The first-order chi connectivity index (χ1) is 9.61. The van der Waals surface area contributed by atoms with E-state index in [1.165, 1.54) is 17.4 Å². The summed E-state index contributed by atoms with van der Waals surface area (Å²) in [5.74, 6) is 0. The van der Waals surface area contributed by atoms with Gasteiger partial charge in [0.15, 0.2) is 5.01 Å². The molecule has 1 heterocycles. The van der Waals surface area contributed by atoms with Crippen LogP contribution in [0.5, 0.6) is 0 Å². The maximum atomic E-state index is 11.1. The first-order valence-corrected chi connectivity index (χ1v) is 7.16. The zero-order valence-corrected chi connectivity index (χ0v) is 12.2. The maximum Gasteiger partial charge on any atom is 0.279 e. The fraction of sp³-hybridized carbons (Fsp3) is 0.385. The largest absolute Gasteiger partial charge is 0.320 e. The minimum atomic E-state index is -0.378. The molecule has 1 N–H and O–H groups in total. The Balaban J connectivity index is 2.27. The molecular weight excluding hydrogens is 276 g/mol. The molecule has 0 aliphatic heterocycles. The Hall–Kier alpha value is -1.86. The van der Waals surface area contributed by atoms with Crippen LogP contribution in [-0.2, 0) is 6.42 Å². The molecule has 1 aromatic carbocycles. The molecule has 0 saturated heterocycles. The van der Waals surface area contributed by atoms with Crippen LogP contribution in [-0.4, -0.2) is 28.7 Å². The summed E-state index contributed by atoms with van der Waals surface area (Å²) >= 11 is 1.42. The highest BCUT2D eigenvalue weighted by Gasteiger charge is 2.18. The first-order valence-electron chi connectivity index (χ1n) is 6.34. The molecule has 7 heteroatoms. The van der Waals surface area contributed by atoms with Gasteiger partial charge in [-0.15, -0.1) is 10.2 Å². The molecule has 0 aliphatic carbocycles. The van der Waals surface area contributed by atoms with Gasteiger partial charge in [0.1, 0.15) is 5.01 Å². The van der Waals surface area contributed by atoms with E-state index >= 15 is 0 Å². The Morgan fingerprint density at radius 1 is 1.40 bits per heavy atom. The fourth-order valence-corrected chi connectivity index (χ4v) is 2.77. The van der Waals surface area contributed by atoms with Crippen molar-refractivity contribution in [2.75, 3.05) is 13.6 Å². The lowest BCUT2D eigenvalue weighted by Crippen LogP contribution is -2.08. The van der Waals surface area contributed by atoms with Crippen molar-refractivity contribution in [1.82, 2.24) is 15.5 Å². The third-order valence-corrected chi connectivity index (χ3v) is 3.88. The van der Waals surface area contributed by atoms with Gasteiger partial charge in [0.25, 0.3) is 5.69 Å². The average molecular weight is 292 g/mol. The Morgan fingerprint density at radius 2 is 2.20 bits per heavy atom. The highest BCUT2D eigenvalue weighted by molar-refractivity contribution is 7.14. The number of nitrogens with one attached hydrogen (secondary N) is 1. The van der Waals surface area contributed by atoms with Crippen molar-refractivity contribution in [3.8, 4) is 10.6 Å². The smallest absolute Gasteiger partial charge is 0.279 e. The van der Waals surface area contributed by atoms with Crippen molar-refractivity contribution in [3.63, 3.8) is 0 Å². The summed E-state index contributed by atoms with van der Waals surface area (Å²) < 4.78 is 0. The minimum Gasteiger partial charge on any atom is -0.320 e. The maximum absolute atomic E-state index is 11.1. The van der Waals surface area contributed by atoms with Gasteiger partial charge < -0.3 is 5.32 Å². The van der Waals surface area contributed by atoms with Crippen molar-refractivity contribution in [3.05, 3.63) is 38.9 Å². The molecule has 20 heavy (non-hydrogen) atoms. The van der Waals surface area contributed by atoms with Gasteiger partial charge in [-0.05, 0) is 38.6 Å². The molecule has 0 radical (unpaired) electrons. The monoisotopic (exact) mass is 292 g/mol. The van der Waals surface area contributed by atoms with Gasteiger partial charge in [-0.25, -0.2) is 0 Å². The summed E-state index contributed by atoms with van der Waals surface area (Å²) in [4.78, 5) is 10.7. The van der Waals surface area contributed by atoms with E-state index in [1.807, 2.05) is 14.0 Å². The summed E-state index contributed by atoms with van der Waals surface area (Å²) in [6.07, 6.45) is 1.80. The molecule has 0 unspecified atom stereocenters. The fourth-order valence-electron chi connectivity index (χ4n) is 1.86. The van der Waals surface area contributed by atoms with Gasteiger partial charge in [0.2, 0.25) is 0 Å². The predicted molar refractivity (Wildman–Crippen MR) is 79.0 cm³/mol. The lowest BCUT2D eigenvalue weighted by molar-refractivity contribution is -0.384. The van der Waals surface area contributed by atoms with Gasteiger partial charge in [0.05, 0.1) is 10.5 Å². The molecule has 0 spiro atoms. The first kappa shape index (κ1) is 14.5. The molecular formula is C13H16N4O2S. The van der Waals surface area contributed by atoms with E-state index in [4.69, 9.17) is 0 Å². The lowest BCUT2D eigenvalue weighted by atomic mass is 10.1. The van der Waals surface area contributed by atoms with Gasteiger partial charge in [-0.1, -0.05) is 17.4 Å². The van der Waals surface area contributed by atoms with Crippen LogP contribution in [0.1, 0.15) is 17.0 Å². The zero-order valence-electron chi connectivity index (χ0n) is 11.4. The number of aromatic nitrogens is 2. The van der Waals surface area contributed by atoms with Crippen LogP contribution in [0.2, 0.25) is 0 Å². The highest BCUT2D eigenvalue weighted by atomic mass is 32.1.